The highest BCUT2D eigenvalue weighted by atomic mass is 16.5. The van der Waals surface area contributed by atoms with Crippen molar-refractivity contribution in [2.45, 2.75) is 6.23 Å². The lowest BCUT2D eigenvalue weighted by atomic mass is 10.1. The molecule has 4 nitrogen and oxygen atoms in total. The van der Waals surface area contributed by atoms with E-state index in [0.717, 1.165) is 34.1 Å². The quantitative estimate of drug-likeness (QED) is 0.708. The molecule has 1 heterocycles. The molecule has 25 heavy (non-hydrogen) atoms. The molecule has 1 aliphatic rings. The number of nitrogens with zero attached hydrogens (tertiary/aromatic N) is 1. The summed E-state index contributed by atoms with van der Waals surface area (Å²) in [6.07, 6.45) is -0.357. The fourth-order valence-corrected chi connectivity index (χ4v) is 2.85. The van der Waals surface area contributed by atoms with Crippen LogP contribution >= 0.6 is 0 Å². The zero-order chi connectivity index (χ0) is 17.1. The first-order valence-corrected chi connectivity index (χ1v) is 8.14. The molecule has 124 valence electrons. The van der Waals surface area contributed by atoms with Gasteiger partial charge in [-0.2, -0.15) is 0 Å². The van der Waals surface area contributed by atoms with E-state index >= 15 is 0 Å². The van der Waals surface area contributed by atoms with Gasteiger partial charge in [0.2, 0.25) is 6.23 Å². The molecule has 0 aromatic heterocycles. The molecule has 0 radical (unpaired) electrons. The smallest absolute Gasteiger partial charge is 0.214 e. The summed E-state index contributed by atoms with van der Waals surface area (Å²) in [7, 11) is 1.65. The Bertz CT molecular complexity index is 882. The fraction of sp³-hybridized carbons (Fsp3) is 0.0952. The molecule has 0 spiro atoms. The SMILES string of the molecule is COc1ccccc1N=C(c1ccccc1)C1Nc2ccccc2O1. The topological polar surface area (TPSA) is 42.8 Å². The van der Waals surface area contributed by atoms with Crippen LogP contribution < -0.4 is 14.8 Å². The summed E-state index contributed by atoms with van der Waals surface area (Å²) >= 11 is 0. The number of hydrogen-bond acceptors (Lipinski definition) is 4. The van der Waals surface area contributed by atoms with Gasteiger partial charge in [-0.05, 0) is 24.3 Å². The van der Waals surface area contributed by atoms with Gasteiger partial charge in [-0.25, -0.2) is 4.99 Å². The van der Waals surface area contributed by atoms with E-state index in [1.54, 1.807) is 7.11 Å². The van der Waals surface area contributed by atoms with Gasteiger partial charge in [-0.1, -0.05) is 54.6 Å². The number of nitrogens with one attached hydrogen (secondary N) is 1. The lowest BCUT2D eigenvalue weighted by Gasteiger charge is -2.16. The molecule has 1 unspecified atom stereocenters. The standard InChI is InChI=1S/C21H18N2O2/c1-24-18-13-7-5-11-16(18)22-20(15-9-3-2-4-10-15)21-23-17-12-6-8-14-19(17)25-21/h2-14,21,23H,1H3. The van der Waals surface area contributed by atoms with Crippen LogP contribution in [-0.2, 0) is 0 Å². The Morgan fingerprint density at radius 2 is 1.64 bits per heavy atom. The Balaban J connectivity index is 1.77. The lowest BCUT2D eigenvalue weighted by Crippen LogP contribution is -2.31. The zero-order valence-electron chi connectivity index (χ0n) is 13.8. The number of anilines is 1. The highest BCUT2D eigenvalue weighted by Gasteiger charge is 2.27. The lowest BCUT2D eigenvalue weighted by molar-refractivity contribution is 0.320. The maximum atomic E-state index is 6.09. The summed E-state index contributed by atoms with van der Waals surface area (Å²) in [5.74, 6) is 1.56. The van der Waals surface area contributed by atoms with E-state index in [-0.39, 0.29) is 6.23 Å². The van der Waals surface area contributed by atoms with E-state index in [0.29, 0.717) is 0 Å². The second-order valence-corrected chi connectivity index (χ2v) is 5.67. The summed E-state index contributed by atoms with van der Waals surface area (Å²) in [6.45, 7) is 0. The molecular weight excluding hydrogens is 312 g/mol. The third kappa shape index (κ3) is 3.06. The van der Waals surface area contributed by atoms with Crippen LogP contribution in [-0.4, -0.2) is 19.0 Å². The van der Waals surface area contributed by atoms with Crippen molar-refractivity contribution in [2.24, 2.45) is 4.99 Å². The predicted molar refractivity (Wildman–Crippen MR) is 100 cm³/mol. The number of rotatable bonds is 4. The van der Waals surface area contributed by atoms with Crippen molar-refractivity contribution in [2.75, 3.05) is 12.4 Å². The van der Waals surface area contributed by atoms with Gasteiger partial charge in [-0.15, -0.1) is 0 Å². The Morgan fingerprint density at radius 3 is 2.44 bits per heavy atom. The molecule has 3 aromatic rings. The number of ether oxygens (including phenoxy) is 2. The van der Waals surface area contributed by atoms with Crippen LogP contribution in [0.15, 0.2) is 83.9 Å². The predicted octanol–water partition coefficient (Wildman–Crippen LogP) is 4.65. The van der Waals surface area contributed by atoms with Gasteiger partial charge in [0.05, 0.1) is 12.8 Å². The summed E-state index contributed by atoms with van der Waals surface area (Å²) in [4.78, 5) is 4.87. The van der Waals surface area contributed by atoms with Gasteiger partial charge in [0.25, 0.3) is 0 Å². The zero-order valence-corrected chi connectivity index (χ0v) is 13.8. The molecule has 4 heteroatoms. The fourth-order valence-electron chi connectivity index (χ4n) is 2.85. The number of hydrogen-bond donors (Lipinski definition) is 1. The monoisotopic (exact) mass is 330 g/mol. The van der Waals surface area contributed by atoms with Crippen molar-refractivity contribution in [1.82, 2.24) is 0 Å². The Labute approximate surface area is 146 Å². The first kappa shape index (κ1) is 15.3. The van der Waals surface area contributed by atoms with Crippen molar-refractivity contribution < 1.29 is 9.47 Å². The van der Waals surface area contributed by atoms with E-state index < -0.39 is 0 Å². The minimum Gasteiger partial charge on any atom is -0.494 e. The third-order valence-corrected chi connectivity index (χ3v) is 4.06. The minimum absolute atomic E-state index is 0.357. The van der Waals surface area contributed by atoms with Crippen molar-refractivity contribution in [3.63, 3.8) is 0 Å². The second-order valence-electron chi connectivity index (χ2n) is 5.67. The van der Waals surface area contributed by atoms with E-state index in [4.69, 9.17) is 14.5 Å². The van der Waals surface area contributed by atoms with Gasteiger partial charge in [0.15, 0.2) is 0 Å². The molecule has 0 fully saturated rings. The Kier molecular flexibility index (Phi) is 4.09. The van der Waals surface area contributed by atoms with E-state index in [2.05, 4.69) is 5.32 Å². The van der Waals surface area contributed by atoms with E-state index in [1.807, 2.05) is 78.9 Å². The summed E-state index contributed by atoms with van der Waals surface area (Å²) in [5.41, 5.74) is 3.54. The molecule has 1 atom stereocenters. The highest BCUT2D eigenvalue weighted by Crippen LogP contribution is 2.34. The first-order valence-electron chi connectivity index (χ1n) is 8.14. The van der Waals surface area contributed by atoms with Crippen LogP contribution in [0.3, 0.4) is 0 Å². The van der Waals surface area contributed by atoms with Crippen LogP contribution in [0.4, 0.5) is 11.4 Å². The van der Waals surface area contributed by atoms with Crippen LogP contribution in [0.1, 0.15) is 5.56 Å². The van der Waals surface area contributed by atoms with Gasteiger partial charge < -0.3 is 14.8 Å². The number of fused-ring (bicyclic) bond motifs is 1. The average Bonchev–Trinajstić information content (AvgIpc) is 3.11. The third-order valence-electron chi connectivity index (χ3n) is 4.06. The molecule has 0 aliphatic carbocycles. The van der Waals surface area contributed by atoms with Gasteiger partial charge in [0.1, 0.15) is 22.9 Å². The number of aliphatic imine (C=N–C) groups is 1. The molecule has 3 aromatic carbocycles. The maximum Gasteiger partial charge on any atom is 0.214 e. The number of benzene rings is 3. The van der Waals surface area contributed by atoms with Crippen molar-refractivity contribution in [1.29, 1.82) is 0 Å². The van der Waals surface area contributed by atoms with E-state index in [9.17, 15) is 0 Å². The molecule has 4 rings (SSSR count). The second kappa shape index (κ2) is 6.69. The Morgan fingerprint density at radius 1 is 0.920 bits per heavy atom. The van der Waals surface area contributed by atoms with Crippen LogP contribution in [0, 0.1) is 0 Å². The summed E-state index contributed by atoms with van der Waals surface area (Å²) < 4.78 is 11.5. The highest BCUT2D eigenvalue weighted by molar-refractivity contribution is 6.07. The molecule has 1 N–H and O–H groups in total. The van der Waals surface area contributed by atoms with E-state index in [1.165, 1.54) is 0 Å². The van der Waals surface area contributed by atoms with Crippen LogP contribution in [0.25, 0.3) is 0 Å². The van der Waals surface area contributed by atoms with Gasteiger partial charge in [-0.3, -0.25) is 0 Å². The molecular formula is C21H18N2O2. The van der Waals surface area contributed by atoms with Crippen molar-refractivity contribution >= 4 is 17.1 Å². The number of para-hydroxylation sites is 4. The molecule has 0 bridgehead atoms. The minimum atomic E-state index is -0.357. The normalized spacial score (nSPS) is 15.9. The average molecular weight is 330 g/mol. The Hall–Kier alpha value is -3.27. The largest absolute Gasteiger partial charge is 0.494 e. The summed E-state index contributed by atoms with van der Waals surface area (Å²) in [6, 6.07) is 25.6. The molecule has 0 amide bonds. The molecule has 0 saturated carbocycles. The summed E-state index contributed by atoms with van der Waals surface area (Å²) in [5, 5.41) is 3.40. The van der Waals surface area contributed by atoms with Crippen LogP contribution in [0.2, 0.25) is 0 Å². The van der Waals surface area contributed by atoms with Crippen molar-refractivity contribution in [3.8, 4) is 11.5 Å². The van der Waals surface area contributed by atoms with Gasteiger partial charge >= 0.3 is 0 Å². The van der Waals surface area contributed by atoms with Crippen molar-refractivity contribution in [3.05, 3.63) is 84.4 Å². The molecule has 1 aliphatic heterocycles. The molecule has 0 saturated heterocycles. The first-order chi connectivity index (χ1) is 12.3. The number of methoxy groups -OCH3 is 1. The van der Waals surface area contributed by atoms with Crippen LogP contribution in [0.5, 0.6) is 11.5 Å². The maximum absolute atomic E-state index is 6.09. The van der Waals surface area contributed by atoms with Gasteiger partial charge in [0, 0.05) is 5.56 Å².